The molecule has 4 nitrogen and oxygen atoms in total. The summed E-state index contributed by atoms with van der Waals surface area (Å²) in [5.41, 5.74) is 2.40. The van der Waals surface area contributed by atoms with Crippen LogP contribution in [0.25, 0.3) is 0 Å². The largest absolute Gasteiger partial charge is 0.348 e. The maximum absolute atomic E-state index is 12.8. The highest BCUT2D eigenvalue weighted by atomic mass is 35.5. The third-order valence-electron chi connectivity index (χ3n) is 5.70. The second-order valence-corrected chi connectivity index (χ2v) is 7.83. The van der Waals surface area contributed by atoms with E-state index in [9.17, 15) is 4.79 Å². The van der Waals surface area contributed by atoms with E-state index in [4.69, 9.17) is 0 Å². The van der Waals surface area contributed by atoms with E-state index in [-0.39, 0.29) is 24.4 Å². The van der Waals surface area contributed by atoms with Crippen molar-refractivity contribution in [2.45, 2.75) is 31.7 Å². The Morgan fingerprint density at radius 2 is 1.66 bits per heavy atom. The van der Waals surface area contributed by atoms with Gasteiger partial charge in [0.05, 0.1) is 12.6 Å². The molecule has 1 unspecified atom stereocenters. The average Bonchev–Trinajstić information content (AvgIpc) is 2.74. The molecule has 0 aromatic heterocycles. The molecule has 5 heteroatoms. The van der Waals surface area contributed by atoms with Crippen LogP contribution >= 0.6 is 12.4 Å². The summed E-state index contributed by atoms with van der Waals surface area (Å²) in [5.74, 6) is 0.917. The molecule has 29 heavy (non-hydrogen) atoms. The van der Waals surface area contributed by atoms with Crippen molar-refractivity contribution >= 4 is 18.3 Å². The average molecular weight is 416 g/mol. The van der Waals surface area contributed by atoms with Crippen molar-refractivity contribution in [2.75, 3.05) is 33.2 Å². The van der Waals surface area contributed by atoms with Crippen LogP contribution < -0.4 is 10.6 Å². The first kappa shape index (κ1) is 23.4. The van der Waals surface area contributed by atoms with Crippen LogP contribution in [0.4, 0.5) is 0 Å². The zero-order valence-electron chi connectivity index (χ0n) is 17.3. The van der Waals surface area contributed by atoms with Gasteiger partial charge in [-0.2, -0.15) is 0 Å². The van der Waals surface area contributed by atoms with Gasteiger partial charge in [-0.3, -0.25) is 9.69 Å². The number of benzene rings is 2. The molecule has 3 rings (SSSR count). The number of piperidine rings is 1. The molecule has 1 aliphatic heterocycles. The number of rotatable bonds is 9. The van der Waals surface area contributed by atoms with Gasteiger partial charge in [0.2, 0.25) is 5.91 Å². The van der Waals surface area contributed by atoms with Gasteiger partial charge in [0.1, 0.15) is 0 Å². The van der Waals surface area contributed by atoms with Gasteiger partial charge in [0.25, 0.3) is 0 Å². The predicted octanol–water partition coefficient (Wildman–Crippen LogP) is 3.83. The number of nitrogens with zero attached hydrogens (tertiary/aromatic N) is 1. The second-order valence-electron chi connectivity index (χ2n) is 7.83. The maximum atomic E-state index is 12.8. The summed E-state index contributed by atoms with van der Waals surface area (Å²) < 4.78 is 0. The lowest BCUT2D eigenvalue weighted by atomic mass is 9.93. The molecule has 1 heterocycles. The van der Waals surface area contributed by atoms with Crippen molar-refractivity contribution in [1.82, 2.24) is 15.5 Å². The van der Waals surface area contributed by atoms with Crippen LogP contribution in [-0.4, -0.2) is 44.0 Å². The topological polar surface area (TPSA) is 44.4 Å². The zero-order valence-corrected chi connectivity index (χ0v) is 18.2. The first-order valence-corrected chi connectivity index (χ1v) is 10.5. The molecule has 0 saturated carbocycles. The Hall–Kier alpha value is -1.88. The molecule has 2 aromatic carbocycles. The minimum absolute atomic E-state index is 0. The second kappa shape index (κ2) is 12.6. The molecule has 1 atom stereocenters. The van der Waals surface area contributed by atoms with Gasteiger partial charge < -0.3 is 10.6 Å². The molecular weight excluding hydrogens is 382 g/mol. The fourth-order valence-corrected chi connectivity index (χ4v) is 4.01. The van der Waals surface area contributed by atoms with Crippen LogP contribution in [0.5, 0.6) is 0 Å². The smallest absolute Gasteiger partial charge is 0.234 e. The van der Waals surface area contributed by atoms with E-state index in [1.807, 2.05) is 31.3 Å². The van der Waals surface area contributed by atoms with Gasteiger partial charge in [-0.05, 0) is 69.4 Å². The van der Waals surface area contributed by atoms with E-state index >= 15 is 0 Å². The summed E-state index contributed by atoms with van der Waals surface area (Å²) in [5, 5.41) is 6.52. The lowest BCUT2D eigenvalue weighted by molar-refractivity contribution is -0.123. The van der Waals surface area contributed by atoms with E-state index < -0.39 is 0 Å². The minimum Gasteiger partial charge on any atom is -0.348 e. The summed E-state index contributed by atoms with van der Waals surface area (Å²) in [4.78, 5) is 15.1. The van der Waals surface area contributed by atoms with Gasteiger partial charge in [-0.25, -0.2) is 0 Å². The van der Waals surface area contributed by atoms with Crippen LogP contribution in [0.1, 0.15) is 36.4 Å². The zero-order chi connectivity index (χ0) is 19.6. The molecule has 158 valence electrons. The number of hydrogen-bond donors (Lipinski definition) is 2. The van der Waals surface area contributed by atoms with Crippen LogP contribution in [0.15, 0.2) is 60.7 Å². The summed E-state index contributed by atoms with van der Waals surface area (Å²) in [6.45, 7) is 3.63. The standard InChI is InChI=1S/C24H33N3O.ClH/c1-25-15-12-20-13-16-27(17-14-20)19-24(28)26-23(22-10-6-3-7-11-22)18-21-8-4-2-5-9-21;/h2-11,20,23,25H,12-19H2,1H3,(H,26,28);1H. The number of halogens is 1. The van der Waals surface area contributed by atoms with Crippen molar-refractivity contribution in [2.24, 2.45) is 5.92 Å². The third kappa shape index (κ3) is 7.81. The molecule has 2 aromatic rings. The first-order valence-electron chi connectivity index (χ1n) is 10.5. The molecule has 1 amide bonds. The quantitative estimate of drug-likeness (QED) is 0.654. The number of carbonyl (C=O) groups is 1. The van der Waals surface area contributed by atoms with E-state index in [1.165, 1.54) is 24.8 Å². The Morgan fingerprint density at radius 3 is 2.28 bits per heavy atom. The van der Waals surface area contributed by atoms with Crippen molar-refractivity contribution in [3.63, 3.8) is 0 Å². The molecule has 1 saturated heterocycles. The van der Waals surface area contributed by atoms with E-state index in [2.05, 4.69) is 51.9 Å². The first-order chi connectivity index (χ1) is 13.7. The van der Waals surface area contributed by atoms with Crippen LogP contribution in [0.2, 0.25) is 0 Å². The molecular formula is C24H34ClN3O. The van der Waals surface area contributed by atoms with E-state index in [0.29, 0.717) is 6.54 Å². The van der Waals surface area contributed by atoms with Crippen molar-refractivity contribution < 1.29 is 4.79 Å². The summed E-state index contributed by atoms with van der Waals surface area (Å²) >= 11 is 0. The van der Waals surface area contributed by atoms with E-state index in [0.717, 1.165) is 37.5 Å². The number of amides is 1. The number of carbonyl (C=O) groups excluding carboxylic acids is 1. The van der Waals surface area contributed by atoms with Crippen molar-refractivity contribution in [3.05, 3.63) is 71.8 Å². The molecule has 0 aliphatic carbocycles. The third-order valence-corrected chi connectivity index (χ3v) is 5.70. The summed E-state index contributed by atoms with van der Waals surface area (Å²) in [6.07, 6.45) is 4.44. The Morgan fingerprint density at radius 1 is 1.03 bits per heavy atom. The fraction of sp³-hybridized carbons (Fsp3) is 0.458. The van der Waals surface area contributed by atoms with E-state index in [1.54, 1.807) is 0 Å². The highest BCUT2D eigenvalue weighted by Crippen LogP contribution is 2.21. The summed E-state index contributed by atoms with van der Waals surface area (Å²) in [6, 6.07) is 20.7. The number of hydrogen-bond acceptors (Lipinski definition) is 3. The normalized spacial score (nSPS) is 16.0. The Kier molecular flexibility index (Phi) is 10.2. The van der Waals surface area contributed by atoms with Crippen molar-refractivity contribution in [1.29, 1.82) is 0 Å². The van der Waals surface area contributed by atoms with Crippen molar-refractivity contribution in [3.8, 4) is 0 Å². The van der Waals surface area contributed by atoms with Gasteiger partial charge in [0, 0.05) is 0 Å². The van der Waals surface area contributed by atoms with Crippen LogP contribution in [0.3, 0.4) is 0 Å². The molecule has 2 N–H and O–H groups in total. The predicted molar refractivity (Wildman–Crippen MR) is 122 cm³/mol. The summed E-state index contributed by atoms with van der Waals surface area (Å²) in [7, 11) is 2.01. The molecule has 0 spiro atoms. The number of nitrogens with one attached hydrogen (secondary N) is 2. The monoisotopic (exact) mass is 415 g/mol. The van der Waals surface area contributed by atoms with Gasteiger partial charge >= 0.3 is 0 Å². The Balaban J connectivity index is 0.00000300. The lowest BCUT2D eigenvalue weighted by Gasteiger charge is -2.32. The number of likely N-dealkylation sites (tertiary alicyclic amines) is 1. The SMILES string of the molecule is CNCCC1CCN(CC(=O)NC(Cc2ccccc2)c2ccccc2)CC1.Cl. The molecule has 0 bridgehead atoms. The molecule has 0 radical (unpaired) electrons. The highest BCUT2D eigenvalue weighted by molar-refractivity contribution is 5.85. The maximum Gasteiger partial charge on any atom is 0.234 e. The van der Waals surface area contributed by atoms with Crippen LogP contribution in [-0.2, 0) is 11.2 Å². The molecule has 1 aliphatic rings. The highest BCUT2D eigenvalue weighted by Gasteiger charge is 2.22. The Labute approximate surface area is 181 Å². The fourth-order valence-electron chi connectivity index (χ4n) is 4.01. The van der Waals surface area contributed by atoms with Gasteiger partial charge in [0.15, 0.2) is 0 Å². The Bertz CT molecular complexity index is 703. The molecule has 1 fully saturated rings. The van der Waals surface area contributed by atoms with Gasteiger partial charge in [-0.15, -0.1) is 12.4 Å². The lowest BCUT2D eigenvalue weighted by Crippen LogP contribution is -2.43. The van der Waals surface area contributed by atoms with Gasteiger partial charge in [-0.1, -0.05) is 60.7 Å². The minimum atomic E-state index is 0. The van der Waals surface area contributed by atoms with Crippen LogP contribution in [0, 0.1) is 5.92 Å².